The zero-order valence-electron chi connectivity index (χ0n) is 6.53. The van der Waals surface area contributed by atoms with Crippen LogP contribution < -0.4 is 5.32 Å². The number of rotatable bonds is 1. The van der Waals surface area contributed by atoms with Crippen molar-refractivity contribution in [2.24, 2.45) is 0 Å². The van der Waals surface area contributed by atoms with Gasteiger partial charge in [-0.25, -0.2) is 4.98 Å². The maximum atomic E-state index is 10.6. The Labute approximate surface area is 69.8 Å². The van der Waals surface area contributed by atoms with Gasteiger partial charge in [-0.2, -0.15) is 5.26 Å². The van der Waals surface area contributed by atoms with E-state index in [1.54, 1.807) is 18.2 Å². The molecule has 1 N–H and O–H groups in total. The highest BCUT2D eigenvalue weighted by atomic mass is 16.1. The molecule has 60 valence electrons. The summed E-state index contributed by atoms with van der Waals surface area (Å²) in [4.78, 5) is 14.4. The Morgan fingerprint density at radius 1 is 1.67 bits per heavy atom. The van der Waals surface area contributed by atoms with Gasteiger partial charge in [0.25, 0.3) is 0 Å². The third-order valence-electron chi connectivity index (χ3n) is 1.17. The van der Waals surface area contributed by atoms with Crippen LogP contribution in [0.1, 0.15) is 12.6 Å². The normalized spacial score (nSPS) is 8.67. The zero-order chi connectivity index (χ0) is 8.97. The van der Waals surface area contributed by atoms with Crippen molar-refractivity contribution in [1.82, 2.24) is 4.98 Å². The molecule has 4 heteroatoms. The average Bonchev–Trinajstić information content (AvgIpc) is 2.03. The first kappa shape index (κ1) is 8.21. The summed E-state index contributed by atoms with van der Waals surface area (Å²) >= 11 is 0. The topological polar surface area (TPSA) is 65.8 Å². The molecule has 1 amide bonds. The van der Waals surface area contributed by atoms with E-state index < -0.39 is 0 Å². The molecule has 0 spiro atoms. The Balaban J connectivity index is 2.88. The van der Waals surface area contributed by atoms with Crippen LogP contribution in [0.5, 0.6) is 0 Å². The summed E-state index contributed by atoms with van der Waals surface area (Å²) < 4.78 is 0. The summed E-state index contributed by atoms with van der Waals surface area (Å²) in [6, 6.07) is 6.74. The second-order valence-electron chi connectivity index (χ2n) is 2.20. The number of anilines is 1. The quantitative estimate of drug-likeness (QED) is 0.665. The van der Waals surface area contributed by atoms with Crippen molar-refractivity contribution >= 4 is 11.7 Å². The van der Waals surface area contributed by atoms with Gasteiger partial charge < -0.3 is 5.32 Å². The van der Waals surface area contributed by atoms with Gasteiger partial charge in [0, 0.05) is 6.92 Å². The van der Waals surface area contributed by atoms with Crippen molar-refractivity contribution in [1.29, 1.82) is 5.26 Å². The summed E-state index contributed by atoms with van der Waals surface area (Å²) in [5, 5.41) is 10.9. The second kappa shape index (κ2) is 3.49. The van der Waals surface area contributed by atoms with E-state index in [9.17, 15) is 4.79 Å². The first-order chi connectivity index (χ1) is 5.72. The highest BCUT2D eigenvalue weighted by Gasteiger charge is 1.97. The minimum atomic E-state index is -0.197. The smallest absolute Gasteiger partial charge is 0.222 e. The largest absolute Gasteiger partial charge is 0.311 e. The van der Waals surface area contributed by atoms with Crippen LogP contribution in [-0.4, -0.2) is 10.9 Å². The Kier molecular flexibility index (Phi) is 2.38. The molecule has 0 aliphatic carbocycles. The summed E-state index contributed by atoms with van der Waals surface area (Å²) in [5.41, 5.74) is 0.293. The number of pyridine rings is 1. The van der Waals surface area contributed by atoms with Gasteiger partial charge in [-0.1, -0.05) is 6.07 Å². The van der Waals surface area contributed by atoms with E-state index in [0.29, 0.717) is 11.5 Å². The molecule has 12 heavy (non-hydrogen) atoms. The predicted octanol–water partition coefficient (Wildman–Crippen LogP) is 0.912. The molecule has 0 aliphatic rings. The fourth-order valence-corrected chi connectivity index (χ4v) is 0.747. The Bertz CT molecular complexity index is 340. The maximum absolute atomic E-state index is 10.6. The number of hydrogen-bond acceptors (Lipinski definition) is 3. The molecular formula is C8H7N3O. The number of nitrogens with one attached hydrogen (secondary N) is 1. The molecule has 0 saturated carbocycles. The number of carbonyl (C=O) groups excluding carboxylic acids is 1. The van der Waals surface area contributed by atoms with Crippen molar-refractivity contribution in [2.75, 3.05) is 5.32 Å². The van der Waals surface area contributed by atoms with E-state index in [1.807, 2.05) is 6.07 Å². The van der Waals surface area contributed by atoms with E-state index in [1.165, 1.54) is 6.92 Å². The molecule has 4 nitrogen and oxygen atoms in total. The molecule has 0 bridgehead atoms. The predicted molar refractivity (Wildman–Crippen MR) is 43.3 cm³/mol. The molecule has 0 saturated heterocycles. The lowest BCUT2D eigenvalue weighted by Gasteiger charge is -1.98. The van der Waals surface area contributed by atoms with E-state index in [-0.39, 0.29) is 5.91 Å². The number of carbonyl (C=O) groups is 1. The highest BCUT2D eigenvalue weighted by Crippen LogP contribution is 2.02. The molecule has 1 rings (SSSR count). The molecular weight excluding hydrogens is 154 g/mol. The van der Waals surface area contributed by atoms with Crippen molar-refractivity contribution in [3.8, 4) is 6.07 Å². The third-order valence-corrected chi connectivity index (χ3v) is 1.17. The first-order valence-electron chi connectivity index (χ1n) is 3.37. The maximum Gasteiger partial charge on any atom is 0.222 e. The van der Waals surface area contributed by atoms with E-state index in [4.69, 9.17) is 5.26 Å². The van der Waals surface area contributed by atoms with Gasteiger partial charge in [-0.15, -0.1) is 0 Å². The van der Waals surface area contributed by atoms with Crippen LogP contribution in [0.15, 0.2) is 18.2 Å². The average molecular weight is 161 g/mol. The summed E-state index contributed by atoms with van der Waals surface area (Å²) in [6.45, 7) is 1.39. The number of nitriles is 1. The minimum Gasteiger partial charge on any atom is -0.311 e. The summed E-state index contributed by atoms with van der Waals surface area (Å²) in [7, 11) is 0. The van der Waals surface area contributed by atoms with Crippen LogP contribution in [0.3, 0.4) is 0 Å². The van der Waals surface area contributed by atoms with Gasteiger partial charge in [-0.05, 0) is 12.1 Å². The van der Waals surface area contributed by atoms with E-state index >= 15 is 0 Å². The molecule has 1 aromatic heterocycles. The molecule has 1 aromatic rings. The molecule has 0 aromatic carbocycles. The van der Waals surface area contributed by atoms with Crippen LogP contribution in [0, 0.1) is 11.3 Å². The number of amides is 1. The second-order valence-corrected chi connectivity index (χ2v) is 2.20. The van der Waals surface area contributed by atoms with Crippen LogP contribution in [-0.2, 0) is 4.79 Å². The van der Waals surface area contributed by atoms with Gasteiger partial charge in [0.15, 0.2) is 0 Å². The van der Waals surface area contributed by atoms with Crippen LogP contribution in [0.2, 0.25) is 0 Å². The van der Waals surface area contributed by atoms with Gasteiger partial charge in [-0.3, -0.25) is 4.79 Å². The van der Waals surface area contributed by atoms with Crippen molar-refractivity contribution < 1.29 is 4.79 Å². The minimum absolute atomic E-state index is 0.197. The van der Waals surface area contributed by atoms with Gasteiger partial charge >= 0.3 is 0 Å². The lowest BCUT2D eigenvalue weighted by Crippen LogP contribution is -2.07. The standard InChI is InChI=1S/C8H7N3O/c1-6(12)10-8-4-2-3-7(5-9)11-8/h2-4H,1H3,(H,10,11,12). The van der Waals surface area contributed by atoms with Crippen LogP contribution in [0.4, 0.5) is 5.82 Å². The molecule has 0 atom stereocenters. The van der Waals surface area contributed by atoms with E-state index in [0.717, 1.165) is 0 Å². The zero-order valence-corrected chi connectivity index (χ0v) is 6.53. The van der Waals surface area contributed by atoms with Crippen molar-refractivity contribution in [2.45, 2.75) is 6.92 Å². The van der Waals surface area contributed by atoms with E-state index in [2.05, 4.69) is 10.3 Å². The molecule has 1 heterocycles. The monoisotopic (exact) mass is 161 g/mol. The molecule has 0 fully saturated rings. The molecule has 0 radical (unpaired) electrons. The number of hydrogen-bond donors (Lipinski definition) is 1. The first-order valence-corrected chi connectivity index (χ1v) is 3.37. The van der Waals surface area contributed by atoms with Crippen molar-refractivity contribution in [3.05, 3.63) is 23.9 Å². The number of aromatic nitrogens is 1. The van der Waals surface area contributed by atoms with Crippen LogP contribution in [0.25, 0.3) is 0 Å². The third kappa shape index (κ3) is 2.06. The van der Waals surface area contributed by atoms with Gasteiger partial charge in [0.05, 0.1) is 0 Å². The van der Waals surface area contributed by atoms with Crippen LogP contribution >= 0.6 is 0 Å². The lowest BCUT2D eigenvalue weighted by atomic mass is 10.3. The molecule has 0 aliphatic heterocycles. The van der Waals surface area contributed by atoms with Gasteiger partial charge in [0.2, 0.25) is 5.91 Å². The SMILES string of the molecule is CC(=O)Nc1cccc(C#N)n1. The highest BCUT2D eigenvalue weighted by molar-refractivity contribution is 5.87. The molecule has 0 unspecified atom stereocenters. The summed E-state index contributed by atoms with van der Waals surface area (Å²) in [5.74, 6) is 0.208. The fraction of sp³-hybridized carbons (Fsp3) is 0.125. The van der Waals surface area contributed by atoms with Crippen molar-refractivity contribution in [3.63, 3.8) is 0 Å². The number of nitrogens with zero attached hydrogens (tertiary/aromatic N) is 2. The Morgan fingerprint density at radius 3 is 3.00 bits per heavy atom. The Morgan fingerprint density at radius 2 is 2.42 bits per heavy atom. The van der Waals surface area contributed by atoms with Gasteiger partial charge in [0.1, 0.15) is 17.6 Å². The Hall–Kier alpha value is -1.89. The fourth-order valence-electron chi connectivity index (χ4n) is 0.747. The summed E-state index contributed by atoms with van der Waals surface area (Å²) in [6.07, 6.45) is 0. The lowest BCUT2D eigenvalue weighted by molar-refractivity contribution is -0.114.